The maximum Gasteiger partial charge on any atom is 0.229 e. The number of nitrogens with one attached hydrogen (secondary N) is 3. The predicted molar refractivity (Wildman–Crippen MR) is 123 cm³/mol. The number of nitrogens with zero attached hydrogens (tertiary/aromatic N) is 3. The van der Waals surface area contributed by atoms with Gasteiger partial charge in [-0.1, -0.05) is 19.3 Å². The molecule has 0 aromatic carbocycles. The first-order chi connectivity index (χ1) is 14.2. The topological polar surface area (TPSA) is 84.0 Å². The molecule has 0 radical (unpaired) electrons. The van der Waals surface area contributed by atoms with Crippen molar-refractivity contribution in [2.45, 2.75) is 102 Å². The van der Waals surface area contributed by atoms with Gasteiger partial charge in [0.05, 0.1) is 6.10 Å². The average molecular weight is 439 g/mol. The summed E-state index contributed by atoms with van der Waals surface area (Å²) < 4.78 is 5.90. The van der Waals surface area contributed by atoms with Gasteiger partial charge < -0.3 is 20.7 Å². The van der Waals surface area contributed by atoms with Crippen LogP contribution in [0.2, 0.25) is 5.28 Å². The molecule has 170 valence electrons. The molecule has 0 amide bonds. The quantitative estimate of drug-likeness (QED) is 0.545. The van der Waals surface area contributed by atoms with Gasteiger partial charge in [-0.15, -0.1) is 0 Å². The van der Waals surface area contributed by atoms with Gasteiger partial charge in [-0.05, 0) is 77.3 Å². The van der Waals surface area contributed by atoms with Crippen LogP contribution < -0.4 is 16.0 Å². The minimum Gasteiger partial charge on any atom is -0.381 e. The number of aromatic nitrogens is 3. The Balaban J connectivity index is 1.55. The molecular weight excluding hydrogens is 400 g/mol. The van der Waals surface area contributed by atoms with Gasteiger partial charge in [0.25, 0.3) is 0 Å². The van der Waals surface area contributed by atoms with Crippen LogP contribution in [0.1, 0.15) is 79.1 Å². The second-order valence-corrected chi connectivity index (χ2v) is 10.6. The van der Waals surface area contributed by atoms with Crippen molar-refractivity contribution in [3.63, 3.8) is 0 Å². The predicted octanol–water partition coefficient (Wildman–Crippen LogP) is 4.64. The lowest BCUT2D eigenvalue weighted by atomic mass is 9.73. The summed E-state index contributed by atoms with van der Waals surface area (Å²) >= 11 is 6.15. The van der Waals surface area contributed by atoms with Crippen molar-refractivity contribution in [1.82, 2.24) is 20.3 Å². The van der Waals surface area contributed by atoms with E-state index in [1.807, 2.05) is 7.11 Å². The highest BCUT2D eigenvalue weighted by Crippen LogP contribution is 2.36. The number of methoxy groups -OCH3 is 1. The van der Waals surface area contributed by atoms with Gasteiger partial charge in [0, 0.05) is 30.8 Å². The summed E-state index contributed by atoms with van der Waals surface area (Å²) in [6.45, 7) is 9.84. The van der Waals surface area contributed by atoms with E-state index < -0.39 is 0 Å². The maximum atomic E-state index is 6.15. The molecule has 3 rings (SSSR count). The highest BCUT2D eigenvalue weighted by Gasteiger charge is 2.40. The molecule has 1 aromatic heterocycles. The van der Waals surface area contributed by atoms with Crippen LogP contribution in [0.4, 0.5) is 11.9 Å². The number of halogens is 1. The van der Waals surface area contributed by atoms with Crippen LogP contribution >= 0.6 is 11.6 Å². The molecule has 7 nitrogen and oxygen atoms in total. The normalized spacial score (nSPS) is 23.1. The third kappa shape index (κ3) is 6.92. The Hall–Kier alpha value is -1.18. The average Bonchev–Trinajstić information content (AvgIpc) is 2.63. The van der Waals surface area contributed by atoms with Crippen molar-refractivity contribution in [1.29, 1.82) is 0 Å². The fraction of sp³-hybridized carbons (Fsp3) is 0.864. The molecular formula is C22H39ClN6O. The van der Waals surface area contributed by atoms with Gasteiger partial charge in [0.2, 0.25) is 17.2 Å². The van der Waals surface area contributed by atoms with Crippen molar-refractivity contribution in [2.24, 2.45) is 5.92 Å². The Morgan fingerprint density at radius 2 is 1.67 bits per heavy atom. The highest BCUT2D eigenvalue weighted by molar-refractivity contribution is 6.28. The maximum absolute atomic E-state index is 6.15. The molecule has 0 spiro atoms. The summed E-state index contributed by atoms with van der Waals surface area (Å²) in [5, 5.41) is 10.7. The molecule has 3 N–H and O–H groups in total. The first kappa shape index (κ1) is 23.5. The van der Waals surface area contributed by atoms with E-state index in [9.17, 15) is 0 Å². The van der Waals surface area contributed by atoms with Crippen molar-refractivity contribution in [3.05, 3.63) is 5.28 Å². The summed E-state index contributed by atoms with van der Waals surface area (Å²) in [5.41, 5.74) is 0.218. The Morgan fingerprint density at radius 3 is 2.30 bits per heavy atom. The standard InChI is InChI=1S/C22H39ClN6O/c1-21(2)13-15(14-22(3,4)29-21)17(30-5)11-12-24-19-26-18(23)27-20(28-19)25-16-9-7-6-8-10-16/h15-17,29H,6-14H2,1-5H3,(H2,24,25,26,27,28). The Bertz CT molecular complexity index is 676. The van der Waals surface area contributed by atoms with Crippen LogP contribution in [0, 0.1) is 5.92 Å². The molecule has 1 aliphatic heterocycles. The molecule has 1 unspecified atom stereocenters. The summed E-state index contributed by atoms with van der Waals surface area (Å²) in [7, 11) is 1.82. The molecule has 1 atom stereocenters. The molecule has 1 saturated carbocycles. The van der Waals surface area contributed by atoms with Crippen LogP contribution in [0.25, 0.3) is 0 Å². The van der Waals surface area contributed by atoms with Crippen LogP contribution in [-0.2, 0) is 4.74 Å². The third-order valence-electron chi connectivity index (χ3n) is 6.31. The molecule has 8 heteroatoms. The van der Waals surface area contributed by atoms with Gasteiger partial charge >= 0.3 is 0 Å². The van der Waals surface area contributed by atoms with Gasteiger partial charge in [-0.3, -0.25) is 0 Å². The number of hydrogen-bond acceptors (Lipinski definition) is 7. The second-order valence-electron chi connectivity index (χ2n) is 10.3. The lowest BCUT2D eigenvalue weighted by molar-refractivity contribution is -0.00438. The summed E-state index contributed by atoms with van der Waals surface area (Å²) in [5.74, 6) is 1.59. The summed E-state index contributed by atoms with van der Waals surface area (Å²) in [4.78, 5) is 13.0. The highest BCUT2D eigenvalue weighted by atomic mass is 35.5. The van der Waals surface area contributed by atoms with E-state index in [-0.39, 0.29) is 22.5 Å². The van der Waals surface area contributed by atoms with E-state index in [4.69, 9.17) is 16.3 Å². The molecule has 1 aliphatic carbocycles. The molecule has 1 aromatic rings. The van der Waals surface area contributed by atoms with Gasteiger partial charge in [-0.2, -0.15) is 15.0 Å². The van der Waals surface area contributed by atoms with Crippen molar-refractivity contribution < 1.29 is 4.74 Å². The number of hydrogen-bond donors (Lipinski definition) is 3. The summed E-state index contributed by atoms with van der Waals surface area (Å²) in [6.07, 6.45) is 9.42. The van der Waals surface area contributed by atoms with Crippen molar-refractivity contribution in [3.8, 4) is 0 Å². The minimum absolute atomic E-state index is 0.109. The lowest BCUT2D eigenvalue weighted by Crippen LogP contribution is -2.59. The number of ether oxygens (including phenoxy) is 1. The van der Waals surface area contributed by atoms with Gasteiger partial charge in [0.1, 0.15) is 0 Å². The first-order valence-corrected chi connectivity index (χ1v) is 11.8. The number of rotatable bonds is 8. The SMILES string of the molecule is COC(CCNc1nc(Cl)nc(NC2CCCCC2)n1)C1CC(C)(C)NC(C)(C)C1. The molecule has 2 aliphatic rings. The second kappa shape index (κ2) is 9.96. The minimum atomic E-state index is 0.109. The van der Waals surface area contributed by atoms with Crippen molar-refractivity contribution in [2.75, 3.05) is 24.3 Å². The first-order valence-electron chi connectivity index (χ1n) is 11.4. The largest absolute Gasteiger partial charge is 0.381 e. The molecule has 0 bridgehead atoms. The van der Waals surface area contributed by atoms with Crippen LogP contribution in [0.15, 0.2) is 0 Å². The lowest BCUT2D eigenvalue weighted by Gasteiger charge is -2.48. The van der Waals surface area contributed by atoms with Crippen molar-refractivity contribution >= 4 is 23.5 Å². The van der Waals surface area contributed by atoms with E-state index in [1.165, 1.54) is 19.3 Å². The molecule has 30 heavy (non-hydrogen) atoms. The van der Waals surface area contributed by atoms with Gasteiger partial charge in [0.15, 0.2) is 0 Å². The van der Waals surface area contributed by atoms with E-state index in [2.05, 4.69) is 58.6 Å². The molecule has 1 saturated heterocycles. The fourth-order valence-corrected chi connectivity index (χ4v) is 5.62. The zero-order valence-electron chi connectivity index (χ0n) is 19.2. The smallest absolute Gasteiger partial charge is 0.229 e. The Labute approximate surface area is 186 Å². The monoisotopic (exact) mass is 438 g/mol. The zero-order chi connectivity index (χ0) is 21.8. The van der Waals surface area contributed by atoms with E-state index >= 15 is 0 Å². The molecule has 2 heterocycles. The number of piperidine rings is 1. The Kier molecular flexibility index (Phi) is 7.80. The van der Waals surface area contributed by atoms with Crippen LogP contribution in [0.3, 0.4) is 0 Å². The Morgan fingerprint density at radius 1 is 1.03 bits per heavy atom. The zero-order valence-corrected chi connectivity index (χ0v) is 20.0. The van der Waals surface area contributed by atoms with E-state index in [1.54, 1.807) is 0 Å². The number of anilines is 2. The van der Waals surface area contributed by atoms with Crippen LogP contribution in [-0.4, -0.2) is 51.8 Å². The fourth-order valence-electron chi connectivity index (χ4n) is 5.46. The van der Waals surface area contributed by atoms with E-state index in [0.29, 0.717) is 23.9 Å². The third-order valence-corrected chi connectivity index (χ3v) is 6.48. The van der Waals surface area contributed by atoms with E-state index in [0.717, 1.165) is 38.6 Å². The summed E-state index contributed by atoms with van der Waals surface area (Å²) in [6, 6.07) is 0.426. The van der Waals surface area contributed by atoms with Gasteiger partial charge in [-0.25, -0.2) is 0 Å². The molecule has 2 fully saturated rings. The van der Waals surface area contributed by atoms with Crippen LogP contribution in [0.5, 0.6) is 0 Å².